The number of rotatable bonds is 6. The van der Waals surface area contributed by atoms with Crippen LogP contribution in [0.25, 0.3) is 94.3 Å². The van der Waals surface area contributed by atoms with Gasteiger partial charge in [0.1, 0.15) is 0 Å². The Bertz CT molecular complexity index is 3680. The summed E-state index contributed by atoms with van der Waals surface area (Å²) in [7, 11) is 0. The van der Waals surface area contributed by atoms with Gasteiger partial charge in [0.2, 0.25) is 0 Å². The van der Waals surface area contributed by atoms with E-state index < -0.39 is 5.41 Å². The summed E-state index contributed by atoms with van der Waals surface area (Å²) in [5, 5.41) is 7.26. The van der Waals surface area contributed by atoms with Crippen LogP contribution in [0.15, 0.2) is 231 Å². The fourth-order valence-electron chi connectivity index (χ4n) is 10.5. The van der Waals surface area contributed by atoms with Crippen molar-refractivity contribution in [2.45, 2.75) is 5.41 Å². The molecule has 298 valence electrons. The summed E-state index contributed by atoms with van der Waals surface area (Å²) < 4.78 is 2.43. The molecule has 1 aliphatic carbocycles. The molecule has 4 nitrogen and oxygen atoms in total. The highest BCUT2D eigenvalue weighted by molar-refractivity contribution is 6.12. The minimum Gasteiger partial charge on any atom is -0.309 e. The maximum atomic E-state index is 5.15. The van der Waals surface area contributed by atoms with Crippen molar-refractivity contribution in [2.75, 3.05) is 0 Å². The average molecular weight is 815 g/mol. The van der Waals surface area contributed by atoms with Crippen LogP contribution in [0.1, 0.15) is 22.3 Å². The topological polar surface area (TPSA) is 43.6 Å². The Morgan fingerprint density at radius 3 is 1.55 bits per heavy atom. The third kappa shape index (κ3) is 5.46. The zero-order chi connectivity index (χ0) is 42.2. The zero-order valence-electron chi connectivity index (χ0n) is 34.7. The number of hydrogen-bond acceptors (Lipinski definition) is 3. The lowest BCUT2D eigenvalue weighted by Crippen LogP contribution is -2.28. The van der Waals surface area contributed by atoms with Crippen LogP contribution in [-0.4, -0.2) is 19.5 Å². The van der Waals surface area contributed by atoms with E-state index in [0.29, 0.717) is 17.5 Å². The highest BCUT2D eigenvalue weighted by Gasteiger charge is 2.46. The van der Waals surface area contributed by atoms with Crippen LogP contribution in [0.3, 0.4) is 0 Å². The van der Waals surface area contributed by atoms with Gasteiger partial charge in [-0.25, -0.2) is 15.0 Å². The van der Waals surface area contributed by atoms with Crippen LogP contribution >= 0.6 is 0 Å². The third-order valence-corrected chi connectivity index (χ3v) is 13.3. The molecule has 0 amide bonds. The molecule has 0 fully saturated rings. The molecular weight excluding hydrogens is 777 g/mol. The Labute approximate surface area is 370 Å². The second kappa shape index (κ2) is 14.3. The lowest BCUT2D eigenvalue weighted by atomic mass is 9.67. The fraction of sp³-hybridized carbons (Fsp3) is 0.0167. The monoisotopic (exact) mass is 814 g/mol. The van der Waals surface area contributed by atoms with Crippen molar-refractivity contribution in [2.24, 2.45) is 0 Å². The van der Waals surface area contributed by atoms with Crippen LogP contribution in [0.4, 0.5) is 0 Å². The molecule has 4 heteroatoms. The first-order valence-electron chi connectivity index (χ1n) is 21.9. The average Bonchev–Trinajstić information content (AvgIpc) is 3.87. The van der Waals surface area contributed by atoms with Gasteiger partial charge in [0, 0.05) is 33.2 Å². The summed E-state index contributed by atoms with van der Waals surface area (Å²) in [6.45, 7) is 0. The first-order valence-corrected chi connectivity index (χ1v) is 21.9. The molecule has 0 atom stereocenters. The van der Waals surface area contributed by atoms with Crippen molar-refractivity contribution in [1.29, 1.82) is 0 Å². The van der Waals surface area contributed by atoms with Crippen molar-refractivity contribution in [1.82, 2.24) is 19.5 Å². The van der Waals surface area contributed by atoms with E-state index in [1.54, 1.807) is 0 Å². The molecule has 0 saturated carbocycles. The summed E-state index contributed by atoms with van der Waals surface area (Å²) in [6, 6.07) is 83.2. The lowest BCUT2D eigenvalue weighted by molar-refractivity contribution is 0.770. The van der Waals surface area contributed by atoms with Crippen molar-refractivity contribution in [3.63, 3.8) is 0 Å². The molecule has 1 aliphatic rings. The second-order valence-corrected chi connectivity index (χ2v) is 16.7. The molecule has 12 aromatic rings. The van der Waals surface area contributed by atoms with Crippen molar-refractivity contribution in [3.8, 4) is 51.0 Å². The van der Waals surface area contributed by atoms with Gasteiger partial charge in [-0.05, 0) is 85.3 Å². The van der Waals surface area contributed by atoms with Crippen LogP contribution in [-0.2, 0) is 5.41 Å². The number of benzene rings is 10. The molecular formula is C60H38N4. The van der Waals surface area contributed by atoms with E-state index in [1.165, 1.54) is 60.3 Å². The van der Waals surface area contributed by atoms with Crippen LogP contribution in [0.5, 0.6) is 0 Å². The molecule has 64 heavy (non-hydrogen) atoms. The highest BCUT2D eigenvalue weighted by atomic mass is 15.0. The standard InChI is InChI=1S/C60H38N4/c1-4-17-40(18-5-1)57-61-58(41-19-6-2-7-20-41)63-59(62-57)43-30-33-51-52-38-45(60(44-21-8-3-9-22-44)53-26-14-12-24-49(53)50-25-13-15-27-54(50)60)31-35-55(52)64(56(51)37-43)46-32-34-48-42(36-46)29-28-39-16-10-11-23-47(39)48/h1-38H. The van der Waals surface area contributed by atoms with Gasteiger partial charge >= 0.3 is 0 Å². The summed E-state index contributed by atoms with van der Waals surface area (Å²) in [5.41, 5.74) is 13.2. The minimum atomic E-state index is -0.520. The van der Waals surface area contributed by atoms with Gasteiger partial charge in [-0.1, -0.05) is 200 Å². The van der Waals surface area contributed by atoms with Crippen molar-refractivity contribution < 1.29 is 0 Å². The fourth-order valence-corrected chi connectivity index (χ4v) is 10.5. The van der Waals surface area contributed by atoms with Gasteiger partial charge < -0.3 is 4.57 Å². The quantitative estimate of drug-likeness (QED) is 0.157. The summed E-state index contributed by atoms with van der Waals surface area (Å²) in [5.74, 6) is 1.90. The predicted octanol–water partition coefficient (Wildman–Crippen LogP) is 14.6. The summed E-state index contributed by atoms with van der Waals surface area (Å²) in [6.07, 6.45) is 0. The first-order chi connectivity index (χ1) is 31.7. The molecule has 13 rings (SSSR count). The van der Waals surface area contributed by atoms with E-state index in [1.807, 2.05) is 36.4 Å². The number of aromatic nitrogens is 4. The van der Waals surface area contributed by atoms with Crippen molar-refractivity contribution >= 4 is 43.4 Å². The first kappa shape index (κ1) is 36.2. The Kier molecular flexibility index (Phi) is 8.09. The van der Waals surface area contributed by atoms with Gasteiger partial charge in [0.25, 0.3) is 0 Å². The Morgan fingerprint density at radius 1 is 0.312 bits per heavy atom. The Morgan fingerprint density at radius 2 is 0.859 bits per heavy atom. The summed E-state index contributed by atoms with van der Waals surface area (Å²) >= 11 is 0. The maximum absolute atomic E-state index is 5.15. The third-order valence-electron chi connectivity index (χ3n) is 13.3. The molecule has 0 bridgehead atoms. The molecule has 0 N–H and O–H groups in total. The molecule has 0 unspecified atom stereocenters. The molecule has 0 radical (unpaired) electrons. The van der Waals surface area contributed by atoms with E-state index >= 15 is 0 Å². The van der Waals surface area contributed by atoms with E-state index in [4.69, 9.17) is 15.0 Å². The predicted molar refractivity (Wildman–Crippen MR) is 263 cm³/mol. The summed E-state index contributed by atoms with van der Waals surface area (Å²) in [4.78, 5) is 15.3. The SMILES string of the molecule is c1ccc(-c2nc(-c3ccccc3)nc(-c3ccc4c5cc(C6(c7ccccc7)c7ccccc7-c7ccccc76)ccc5n(-c5ccc6c(ccc7ccccc76)c5)c4c3)n2)cc1. The Hall–Kier alpha value is -8.47. The van der Waals surface area contributed by atoms with Gasteiger partial charge in [-0.2, -0.15) is 0 Å². The Balaban J connectivity index is 1.09. The smallest absolute Gasteiger partial charge is 0.164 e. The van der Waals surface area contributed by atoms with E-state index in [9.17, 15) is 0 Å². The highest BCUT2D eigenvalue weighted by Crippen LogP contribution is 2.56. The van der Waals surface area contributed by atoms with E-state index in [-0.39, 0.29) is 0 Å². The van der Waals surface area contributed by atoms with Gasteiger partial charge in [0.05, 0.1) is 16.4 Å². The van der Waals surface area contributed by atoms with Crippen molar-refractivity contribution in [3.05, 3.63) is 253 Å². The minimum absolute atomic E-state index is 0.520. The number of nitrogens with zero attached hydrogens (tertiary/aromatic N) is 4. The maximum Gasteiger partial charge on any atom is 0.164 e. The van der Waals surface area contributed by atoms with Crippen LogP contribution in [0.2, 0.25) is 0 Å². The normalized spacial score (nSPS) is 12.8. The molecule has 0 spiro atoms. The number of hydrogen-bond donors (Lipinski definition) is 0. The molecule has 10 aromatic carbocycles. The second-order valence-electron chi connectivity index (χ2n) is 16.7. The lowest BCUT2D eigenvalue weighted by Gasteiger charge is -2.34. The molecule has 2 aromatic heterocycles. The van der Waals surface area contributed by atoms with E-state index in [2.05, 4.69) is 199 Å². The zero-order valence-corrected chi connectivity index (χ0v) is 34.7. The van der Waals surface area contributed by atoms with Gasteiger partial charge in [-0.3, -0.25) is 0 Å². The van der Waals surface area contributed by atoms with Crippen LogP contribution < -0.4 is 0 Å². The molecule has 0 aliphatic heterocycles. The largest absolute Gasteiger partial charge is 0.309 e. The molecule has 2 heterocycles. The van der Waals surface area contributed by atoms with E-state index in [0.717, 1.165) is 38.8 Å². The van der Waals surface area contributed by atoms with Crippen LogP contribution in [0, 0.1) is 0 Å². The van der Waals surface area contributed by atoms with Gasteiger partial charge in [0.15, 0.2) is 17.5 Å². The van der Waals surface area contributed by atoms with Gasteiger partial charge in [-0.15, -0.1) is 0 Å². The molecule has 0 saturated heterocycles. The number of fused-ring (bicyclic) bond motifs is 9.